The van der Waals surface area contributed by atoms with E-state index in [-0.39, 0.29) is 17.5 Å². The van der Waals surface area contributed by atoms with Crippen LogP contribution in [0.1, 0.15) is 84.5 Å². The van der Waals surface area contributed by atoms with Gasteiger partial charge in [-0.05, 0) is 105 Å². The molecule has 0 aromatic rings. The summed E-state index contributed by atoms with van der Waals surface area (Å²) in [5, 5.41) is 33.5. The Labute approximate surface area is 175 Å². The van der Waals surface area contributed by atoms with Crippen LogP contribution in [0.4, 0.5) is 0 Å². The maximum Gasteiger partial charge on any atom is 0.206 e. The summed E-state index contributed by atoms with van der Waals surface area (Å²) in [5.74, 6) is 2.03. The zero-order valence-electron chi connectivity index (χ0n) is 18.2. The molecule has 3 unspecified atom stereocenters. The lowest BCUT2D eigenvalue weighted by atomic mass is 9.43. The fourth-order valence-corrected chi connectivity index (χ4v) is 8.23. The van der Waals surface area contributed by atoms with Crippen LogP contribution in [0.5, 0.6) is 0 Å². The molecule has 0 spiro atoms. The molecule has 164 valence electrons. The Hall–Kier alpha value is -1.14. The lowest BCUT2D eigenvalue weighted by Gasteiger charge is -2.63. The highest BCUT2D eigenvalue weighted by Gasteiger charge is 2.66. The molecule has 4 aliphatic rings. The van der Waals surface area contributed by atoms with Gasteiger partial charge in [0, 0.05) is 6.21 Å². The van der Waals surface area contributed by atoms with Crippen molar-refractivity contribution in [2.45, 2.75) is 96.2 Å². The molecule has 4 fully saturated rings. The van der Waals surface area contributed by atoms with Gasteiger partial charge in [0.1, 0.15) is 0 Å². The van der Waals surface area contributed by atoms with E-state index in [1.807, 2.05) is 6.21 Å². The third kappa shape index (κ3) is 3.31. The van der Waals surface area contributed by atoms with Gasteiger partial charge >= 0.3 is 0 Å². The van der Waals surface area contributed by atoms with Crippen molar-refractivity contribution in [3.05, 3.63) is 0 Å². The van der Waals surface area contributed by atoms with Gasteiger partial charge in [-0.2, -0.15) is 5.10 Å². The summed E-state index contributed by atoms with van der Waals surface area (Å²) in [4.78, 5) is 0. The van der Waals surface area contributed by atoms with Gasteiger partial charge in [-0.25, -0.2) is 5.43 Å². The number of hydrazone groups is 1. The van der Waals surface area contributed by atoms with Gasteiger partial charge in [0.25, 0.3) is 0 Å². The van der Waals surface area contributed by atoms with E-state index in [1.54, 1.807) is 0 Å². The molecule has 0 amide bonds. The summed E-state index contributed by atoms with van der Waals surface area (Å²) < 4.78 is 0. The molecule has 0 aliphatic heterocycles. The second kappa shape index (κ2) is 7.52. The molecule has 8 atom stereocenters. The van der Waals surface area contributed by atoms with Crippen molar-refractivity contribution in [1.29, 1.82) is 5.41 Å². The van der Waals surface area contributed by atoms with Crippen molar-refractivity contribution in [2.24, 2.45) is 45.3 Å². The van der Waals surface area contributed by atoms with Crippen LogP contribution in [0.2, 0.25) is 0 Å². The molecule has 4 aliphatic carbocycles. The first-order chi connectivity index (χ1) is 13.7. The zero-order valence-corrected chi connectivity index (χ0v) is 18.2. The molecule has 29 heavy (non-hydrogen) atoms. The zero-order chi connectivity index (χ0) is 20.9. The van der Waals surface area contributed by atoms with Gasteiger partial charge in [0.15, 0.2) is 0 Å². The predicted molar refractivity (Wildman–Crippen MR) is 115 cm³/mol. The van der Waals surface area contributed by atoms with Crippen LogP contribution in [0, 0.1) is 39.9 Å². The number of nitrogens with zero attached hydrogens (tertiary/aromatic N) is 1. The standard InChI is InChI=1S/C23H40N4O2/c1-21-10-8-17(28)14-16(21)5-6-19-18(21)9-11-22(2)15(7-12-23(19,22)29)4-3-13-26-27-20(24)25/h13,15-19,28-29H,3-12,14H2,1-2H3,(H4,24,25,27)/b26-13+/t15?,16?,17?,18-,19-,21+,22-,23-/m1/s1. The highest BCUT2D eigenvalue weighted by Crippen LogP contribution is 2.69. The van der Waals surface area contributed by atoms with Crippen molar-refractivity contribution < 1.29 is 10.2 Å². The molecular weight excluding hydrogens is 364 g/mol. The van der Waals surface area contributed by atoms with Crippen molar-refractivity contribution in [3.8, 4) is 0 Å². The first kappa shape index (κ1) is 21.1. The van der Waals surface area contributed by atoms with E-state index in [2.05, 4.69) is 24.4 Å². The molecule has 0 radical (unpaired) electrons. The van der Waals surface area contributed by atoms with Gasteiger partial charge in [-0.3, -0.25) is 5.41 Å². The number of hydrogen-bond acceptors (Lipinski definition) is 4. The monoisotopic (exact) mass is 404 g/mol. The van der Waals surface area contributed by atoms with Gasteiger partial charge in [-0.15, -0.1) is 0 Å². The number of hydrogen-bond donors (Lipinski definition) is 5. The summed E-state index contributed by atoms with van der Waals surface area (Å²) >= 11 is 0. The SMILES string of the molecule is C[C@]12CCC(O)CC1CC[C@@H]1[C@H]2CC[C@]2(C)C(CC/C=N/NC(=N)N)CC[C@@]12O. The first-order valence-corrected chi connectivity index (χ1v) is 11.7. The molecule has 6 heteroatoms. The third-order valence-corrected chi connectivity index (χ3v) is 9.94. The smallest absolute Gasteiger partial charge is 0.206 e. The van der Waals surface area contributed by atoms with E-state index in [0.717, 1.165) is 57.8 Å². The molecule has 0 aromatic carbocycles. The minimum Gasteiger partial charge on any atom is -0.393 e. The van der Waals surface area contributed by atoms with E-state index in [0.29, 0.717) is 29.1 Å². The lowest BCUT2D eigenvalue weighted by Crippen LogP contribution is -2.62. The van der Waals surface area contributed by atoms with Crippen molar-refractivity contribution >= 4 is 12.2 Å². The summed E-state index contributed by atoms with van der Waals surface area (Å²) in [6, 6.07) is 0. The summed E-state index contributed by atoms with van der Waals surface area (Å²) in [6.45, 7) is 4.82. The van der Waals surface area contributed by atoms with Crippen LogP contribution in [0.3, 0.4) is 0 Å². The highest BCUT2D eigenvalue weighted by atomic mass is 16.3. The van der Waals surface area contributed by atoms with E-state index in [4.69, 9.17) is 11.1 Å². The summed E-state index contributed by atoms with van der Waals surface area (Å²) in [7, 11) is 0. The Morgan fingerprint density at radius 1 is 1.14 bits per heavy atom. The predicted octanol–water partition coefficient (Wildman–Crippen LogP) is 3.37. The fraction of sp³-hybridized carbons (Fsp3) is 0.913. The average molecular weight is 405 g/mol. The first-order valence-electron chi connectivity index (χ1n) is 11.7. The van der Waals surface area contributed by atoms with Gasteiger partial charge < -0.3 is 15.9 Å². The van der Waals surface area contributed by atoms with Crippen molar-refractivity contribution in [3.63, 3.8) is 0 Å². The van der Waals surface area contributed by atoms with Gasteiger partial charge in [0.2, 0.25) is 5.96 Å². The Kier molecular flexibility index (Phi) is 5.48. The Morgan fingerprint density at radius 3 is 2.69 bits per heavy atom. The molecule has 0 aromatic heterocycles. The molecule has 6 N–H and O–H groups in total. The van der Waals surface area contributed by atoms with Crippen molar-refractivity contribution in [1.82, 2.24) is 5.43 Å². The van der Waals surface area contributed by atoms with Crippen LogP contribution >= 0.6 is 0 Å². The second-order valence-corrected chi connectivity index (χ2v) is 11.0. The maximum atomic E-state index is 12.1. The van der Waals surface area contributed by atoms with Crippen LogP contribution in [0.15, 0.2) is 5.10 Å². The third-order valence-electron chi connectivity index (χ3n) is 9.94. The number of fused-ring (bicyclic) bond motifs is 5. The normalized spacial score (nSPS) is 49.3. The van der Waals surface area contributed by atoms with E-state index in [1.165, 1.54) is 12.8 Å². The minimum absolute atomic E-state index is 0.00656. The quantitative estimate of drug-likeness (QED) is 0.281. The summed E-state index contributed by atoms with van der Waals surface area (Å²) in [6.07, 6.45) is 13.3. The molecule has 4 saturated carbocycles. The Balaban J connectivity index is 1.48. The highest BCUT2D eigenvalue weighted by molar-refractivity contribution is 5.75. The summed E-state index contributed by atoms with van der Waals surface area (Å²) in [5.41, 5.74) is 7.48. The molecule has 4 rings (SSSR count). The molecule has 0 saturated heterocycles. The topological polar surface area (TPSA) is 115 Å². The number of aliphatic hydroxyl groups is 2. The molecule has 0 heterocycles. The number of guanidine groups is 1. The number of nitrogens with two attached hydrogens (primary N) is 1. The maximum absolute atomic E-state index is 12.1. The number of aliphatic hydroxyl groups excluding tert-OH is 1. The van der Waals surface area contributed by atoms with Crippen LogP contribution in [0.25, 0.3) is 0 Å². The Morgan fingerprint density at radius 2 is 1.93 bits per heavy atom. The number of nitrogens with one attached hydrogen (secondary N) is 2. The van der Waals surface area contributed by atoms with Crippen LogP contribution < -0.4 is 11.2 Å². The van der Waals surface area contributed by atoms with E-state index >= 15 is 0 Å². The molecule has 6 nitrogen and oxygen atoms in total. The minimum atomic E-state index is -0.542. The van der Waals surface area contributed by atoms with Gasteiger partial charge in [-0.1, -0.05) is 13.8 Å². The van der Waals surface area contributed by atoms with Gasteiger partial charge in [0.05, 0.1) is 11.7 Å². The fourth-order valence-electron chi connectivity index (χ4n) is 8.23. The number of rotatable bonds is 4. The van der Waals surface area contributed by atoms with E-state index in [9.17, 15) is 10.2 Å². The lowest BCUT2D eigenvalue weighted by molar-refractivity contribution is -0.210. The molecular formula is C23H40N4O2. The van der Waals surface area contributed by atoms with Crippen molar-refractivity contribution in [2.75, 3.05) is 0 Å². The Bertz CT molecular complexity index is 669. The molecule has 0 bridgehead atoms. The second-order valence-electron chi connectivity index (χ2n) is 11.0. The largest absolute Gasteiger partial charge is 0.393 e. The van der Waals surface area contributed by atoms with Crippen LogP contribution in [-0.2, 0) is 0 Å². The van der Waals surface area contributed by atoms with E-state index < -0.39 is 5.60 Å². The average Bonchev–Trinajstić information content (AvgIpc) is 2.93. The van der Waals surface area contributed by atoms with Crippen LogP contribution in [-0.4, -0.2) is 34.1 Å².